The lowest BCUT2D eigenvalue weighted by molar-refractivity contribution is -0.121. The van der Waals surface area contributed by atoms with Gasteiger partial charge in [0, 0.05) is 18.3 Å². The number of aryl methyl sites for hydroxylation is 1. The average molecular weight is 344 g/mol. The molecule has 0 unspecified atom stereocenters. The number of halogens is 2. The number of benzene rings is 2. The minimum Gasteiger partial charge on any atom is -0.325 e. The van der Waals surface area contributed by atoms with E-state index >= 15 is 0 Å². The van der Waals surface area contributed by atoms with Crippen LogP contribution in [0.15, 0.2) is 42.5 Å². The summed E-state index contributed by atoms with van der Waals surface area (Å²) in [5.74, 6) is -2.94. The van der Waals surface area contributed by atoms with Crippen molar-refractivity contribution in [3.8, 4) is 0 Å². The molecule has 2 aromatic rings. The van der Waals surface area contributed by atoms with Crippen molar-refractivity contribution < 1.29 is 18.4 Å². The molecule has 0 aliphatic carbocycles. The largest absolute Gasteiger partial charge is 0.325 e. The Hall–Kier alpha value is -2.76. The number of amides is 2. The molecular formula is C19H18F2N2O2. The summed E-state index contributed by atoms with van der Waals surface area (Å²) in [5, 5.41) is 0. The van der Waals surface area contributed by atoms with Crippen LogP contribution in [0.1, 0.15) is 22.8 Å². The fourth-order valence-corrected chi connectivity index (χ4v) is 2.94. The number of nitrogens with zero attached hydrogens (tertiary/aromatic N) is 2. The molecule has 4 nitrogen and oxygen atoms in total. The summed E-state index contributed by atoms with van der Waals surface area (Å²) >= 11 is 0. The van der Waals surface area contributed by atoms with Crippen molar-refractivity contribution in [1.29, 1.82) is 0 Å². The highest BCUT2D eigenvalue weighted by molar-refractivity contribution is 6.02. The molecule has 1 fully saturated rings. The van der Waals surface area contributed by atoms with Gasteiger partial charge in [0.2, 0.25) is 5.91 Å². The SMILES string of the molecule is Cc1ccc(N2C[C@H](C)N(C(=O)c3c(F)cccc3F)CC2=O)cc1. The molecular weight excluding hydrogens is 326 g/mol. The van der Waals surface area contributed by atoms with E-state index in [-0.39, 0.29) is 25.0 Å². The van der Waals surface area contributed by atoms with Gasteiger partial charge in [-0.05, 0) is 38.1 Å². The zero-order chi connectivity index (χ0) is 18.1. The number of carbonyl (C=O) groups excluding carboxylic acids is 2. The maximum Gasteiger partial charge on any atom is 0.260 e. The predicted molar refractivity (Wildman–Crippen MR) is 90.4 cm³/mol. The van der Waals surface area contributed by atoms with Crippen LogP contribution in [-0.2, 0) is 4.79 Å². The minimum atomic E-state index is -0.925. The van der Waals surface area contributed by atoms with Gasteiger partial charge in [-0.1, -0.05) is 23.8 Å². The number of hydrogen-bond acceptors (Lipinski definition) is 2. The van der Waals surface area contributed by atoms with Crippen LogP contribution in [0.2, 0.25) is 0 Å². The summed E-state index contributed by atoms with van der Waals surface area (Å²) in [6.45, 7) is 3.75. The average Bonchev–Trinajstić information content (AvgIpc) is 2.57. The van der Waals surface area contributed by atoms with Gasteiger partial charge in [0.15, 0.2) is 0 Å². The summed E-state index contributed by atoms with van der Waals surface area (Å²) in [6, 6.07) is 10.4. The van der Waals surface area contributed by atoms with E-state index in [0.717, 1.165) is 23.4 Å². The Morgan fingerprint density at radius 2 is 1.68 bits per heavy atom. The molecule has 1 heterocycles. The van der Waals surface area contributed by atoms with E-state index in [1.54, 1.807) is 11.8 Å². The Morgan fingerprint density at radius 1 is 1.08 bits per heavy atom. The van der Waals surface area contributed by atoms with E-state index in [1.807, 2.05) is 31.2 Å². The molecule has 25 heavy (non-hydrogen) atoms. The molecule has 1 saturated heterocycles. The smallest absolute Gasteiger partial charge is 0.260 e. The van der Waals surface area contributed by atoms with E-state index in [1.165, 1.54) is 11.0 Å². The summed E-state index contributed by atoms with van der Waals surface area (Å²) in [5.41, 5.74) is 1.20. The molecule has 0 N–H and O–H groups in total. The number of carbonyl (C=O) groups is 2. The van der Waals surface area contributed by atoms with Crippen LogP contribution in [0, 0.1) is 18.6 Å². The Morgan fingerprint density at radius 3 is 2.28 bits per heavy atom. The first kappa shape index (κ1) is 17.1. The Kier molecular flexibility index (Phi) is 4.53. The lowest BCUT2D eigenvalue weighted by Gasteiger charge is -2.39. The van der Waals surface area contributed by atoms with Crippen molar-refractivity contribution in [3.05, 3.63) is 65.2 Å². The molecule has 130 valence electrons. The molecule has 0 bridgehead atoms. The van der Waals surface area contributed by atoms with Crippen LogP contribution in [0.25, 0.3) is 0 Å². The highest BCUT2D eigenvalue weighted by Crippen LogP contribution is 2.23. The van der Waals surface area contributed by atoms with Gasteiger partial charge in [-0.25, -0.2) is 8.78 Å². The van der Waals surface area contributed by atoms with Gasteiger partial charge in [-0.2, -0.15) is 0 Å². The molecule has 1 aliphatic rings. The third kappa shape index (κ3) is 3.24. The summed E-state index contributed by atoms with van der Waals surface area (Å²) in [7, 11) is 0. The fourth-order valence-electron chi connectivity index (χ4n) is 2.94. The number of hydrogen-bond donors (Lipinski definition) is 0. The Bertz CT molecular complexity index is 800. The number of anilines is 1. The second kappa shape index (κ2) is 6.63. The summed E-state index contributed by atoms with van der Waals surface area (Å²) < 4.78 is 27.8. The second-order valence-corrected chi connectivity index (χ2v) is 6.22. The minimum absolute atomic E-state index is 0.221. The van der Waals surface area contributed by atoms with E-state index in [9.17, 15) is 18.4 Å². The lowest BCUT2D eigenvalue weighted by Crippen LogP contribution is -2.57. The number of piperazine rings is 1. The topological polar surface area (TPSA) is 40.6 Å². The van der Waals surface area contributed by atoms with Crippen LogP contribution < -0.4 is 4.90 Å². The van der Waals surface area contributed by atoms with Crippen LogP contribution in [0.5, 0.6) is 0 Å². The maximum atomic E-state index is 13.9. The van der Waals surface area contributed by atoms with Crippen LogP contribution in [-0.4, -0.2) is 35.8 Å². The van der Waals surface area contributed by atoms with E-state index in [4.69, 9.17) is 0 Å². The first-order valence-electron chi connectivity index (χ1n) is 8.00. The zero-order valence-electron chi connectivity index (χ0n) is 14.0. The van der Waals surface area contributed by atoms with Gasteiger partial charge < -0.3 is 9.80 Å². The third-order valence-corrected chi connectivity index (χ3v) is 4.37. The van der Waals surface area contributed by atoms with E-state index < -0.39 is 23.1 Å². The van der Waals surface area contributed by atoms with Gasteiger partial charge >= 0.3 is 0 Å². The first-order valence-corrected chi connectivity index (χ1v) is 8.00. The van der Waals surface area contributed by atoms with Gasteiger partial charge in [0.05, 0.1) is 0 Å². The van der Waals surface area contributed by atoms with Crippen molar-refractivity contribution in [2.75, 3.05) is 18.0 Å². The van der Waals surface area contributed by atoms with E-state index in [0.29, 0.717) is 0 Å². The normalized spacial score (nSPS) is 17.8. The van der Waals surface area contributed by atoms with Gasteiger partial charge in [0.1, 0.15) is 23.7 Å². The van der Waals surface area contributed by atoms with Crippen molar-refractivity contribution in [3.63, 3.8) is 0 Å². The van der Waals surface area contributed by atoms with Crippen molar-refractivity contribution in [2.45, 2.75) is 19.9 Å². The van der Waals surface area contributed by atoms with Crippen molar-refractivity contribution >= 4 is 17.5 Å². The van der Waals surface area contributed by atoms with Gasteiger partial charge in [-0.3, -0.25) is 9.59 Å². The molecule has 0 aromatic heterocycles. The molecule has 6 heteroatoms. The highest BCUT2D eigenvalue weighted by Gasteiger charge is 2.35. The lowest BCUT2D eigenvalue weighted by atomic mass is 10.1. The maximum absolute atomic E-state index is 13.9. The monoisotopic (exact) mass is 344 g/mol. The first-order chi connectivity index (χ1) is 11.9. The standard InChI is InChI=1S/C19H18F2N2O2/c1-12-6-8-14(9-7-12)23-10-13(2)22(11-17(23)24)19(25)18-15(20)4-3-5-16(18)21/h3-9,13H,10-11H2,1-2H3/t13-/m0/s1. The molecule has 1 aliphatic heterocycles. The van der Waals surface area contributed by atoms with Crippen molar-refractivity contribution in [1.82, 2.24) is 4.90 Å². The van der Waals surface area contributed by atoms with Crippen LogP contribution >= 0.6 is 0 Å². The van der Waals surface area contributed by atoms with Crippen molar-refractivity contribution in [2.24, 2.45) is 0 Å². The van der Waals surface area contributed by atoms with E-state index in [2.05, 4.69) is 0 Å². The quantitative estimate of drug-likeness (QED) is 0.840. The fraction of sp³-hybridized carbons (Fsp3) is 0.263. The molecule has 2 amide bonds. The molecule has 3 rings (SSSR count). The second-order valence-electron chi connectivity index (χ2n) is 6.22. The van der Waals surface area contributed by atoms with Crippen LogP contribution in [0.4, 0.5) is 14.5 Å². The number of rotatable bonds is 2. The molecule has 0 spiro atoms. The molecule has 0 radical (unpaired) electrons. The molecule has 0 saturated carbocycles. The summed E-state index contributed by atoms with van der Waals surface area (Å²) in [4.78, 5) is 27.9. The molecule has 1 atom stereocenters. The Balaban J connectivity index is 1.84. The third-order valence-electron chi connectivity index (χ3n) is 4.37. The Labute approximate surface area is 144 Å². The van der Waals surface area contributed by atoms with Gasteiger partial charge in [0.25, 0.3) is 5.91 Å². The molecule has 2 aromatic carbocycles. The highest BCUT2D eigenvalue weighted by atomic mass is 19.1. The zero-order valence-corrected chi connectivity index (χ0v) is 14.0. The van der Waals surface area contributed by atoms with Crippen LogP contribution in [0.3, 0.4) is 0 Å². The van der Waals surface area contributed by atoms with Gasteiger partial charge in [-0.15, -0.1) is 0 Å². The summed E-state index contributed by atoms with van der Waals surface area (Å²) in [6.07, 6.45) is 0. The predicted octanol–water partition coefficient (Wildman–Crippen LogP) is 3.15.